The van der Waals surface area contributed by atoms with Crippen LogP contribution in [0, 0.1) is 6.92 Å². The number of amides is 2. The van der Waals surface area contributed by atoms with Crippen molar-refractivity contribution < 1.29 is 14.3 Å². The van der Waals surface area contributed by atoms with Gasteiger partial charge in [0, 0.05) is 27.7 Å². The number of hydrogen-bond donors (Lipinski definition) is 1. The molecule has 2 aromatic rings. The zero-order valence-corrected chi connectivity index (χ0v) is 21.8. The van der Waals surface area contributed by atoms with Crippen molar-refractivity contribution in [3.63, 3.8) is 0 Å². The Morgan fingerprint density at radius 2 is 1.79 bits per heavy atom. The quantitative estimate of drug-likeness (QED) is 0.402. The molecular formula is C26H31Cl3N2O3. The summed E-state index contributed by atoms with van der Waals surface area (Å²) in [7, 11) is 0. The fourth-order valence-corrected chi connectivity index (χ4v) is 4.82. The first-order chi connectivity index (χ1) is 16.3. The Balaban J connectivity index is 1.79. The number of rotatable bonds is 9. The van der Waals surface area contributed by atoms with Gasteiger partial charge in [0.05, 0.1) is 0 Å². The first-order valence-corrected chi connectivity index (χ1v) is 12.8. The monoisotopic (exact) mass is 524 g/mol. The molecule has 34 heavy (non-hydrogen) atoms. The van der Waals surface area contributed by atoms with Crippen LogP contribution < -0.4 is 10.1 Å². The highest BCUT2D eigenvalue weighted by Gasteiger charge is 2.31. The fourth-order valence-electron chi connectivity index (χ4n) is 4.23. The topological polar surface area (TPSA) is 58.6 Å². The minimum absolute atomic E-state index is 0.143. The van der Waals surface area contributed by atoms with E-state index >= 15 is 0 Å². The van der Waals surface area contributed by atoms with Crippen molar-refractivity contribution in [2.75, 3.05) is 6.61 Å². The number of hydrogen-bond acceptors (Lipinski definition) is 3. The zero-order valence-electron chi connectivity index (χ0n) is 19.6. The molecule has 1 aliphatic rings. The van der Waals surface area contributed by atoms with Crippen molar-refractivity contribution in [2.45, 2.75) is 71.0 Å². The van der Waals surface area contributed by atoms with Crippen molar-refractivity contribution in [3.8, 4) is 5.75 Å². The van der Waals surface area contributed by atoms with Crippen molar-refractivity contribution >= 4 is 46.6 Å². The molecule has 1 saturated carbocycles. The molecule has 1 unspecified atom stereocenters. The third-order valence-electron chi connectivity index (χ3n) is 6.18. The summed E-state index contributed by atoms with van der Waals surface area (Å²) in [6.45, 7) is 3.74. The van der Waals surface area contributed by atoms with Crippen LogP contribution in [-0.2, 0) is 16.1 Å². The summed E-state index contributed by atoms with van der Waals surface area (Å²) in [6, 6.07) is 9.88. The van der Waals surface area contributed by atoms with E-state index < -0.39 is 6.04 Å². The maximum absolute atomic E-state index is 13.4. The Morgan fingerprint density at radius 1 is 1.06 bits per heavy atom. The van der Waals surface area contributed by atoms with E-state index in [-0.39, 0.29) is 31.0 Å². The van der Waals surface area contributed by atoms with Gasteiger partial charge in [-0.2, -0.15) is 0 Å². The summed E-state index contributed by atoms with van der Waals surface area (Å²) in [5.41, 5.74) is 1.57. The van der Waals surface area contributed by atoms with Gasteiger partial charge in [-0.05, 0) is 67.6 Å². The zero-order chi connectivity index (χ0) is 24.7. The van der Waals surface area contributed by atoms with Gasteiger partial charge in [0.25, 0.3) is 5.91 Å². The Kier molecular flexibility index (Phi) is 9.93. The van der Waals surface area contributed by atoms with Gasteiger partial charge in [-0.1, -0.05) is 67.1 Å². The first-order valence-electron chi connectivity index (χ1n) is 11.7. The highest BCUT2D eigenvalue weighted by Crippen LogP contribution is 2.25. The van der Waals surface area contributed by atoms with E-state index in [2.05, 4.69) is 5.32 Å². The van der Waals surface area contributed by atoms with Gasteiger partial charge in [-0.3, -0.25) is 9.59 Å². The lowest BCUT2D eigenvalue weighted by atomic mass is 9.95. The second-order valence-corrected chi connectivity index (χ2v) is 9.98. The van der Waals surface area contributed by atoms with E-state index in [1.807, 2.05) is 13.8 Å². The van der Waals surface area contributed by atoms with E-state index in [0.717, 1.165) is 31.2 Å². The van der Waals surface area contributed by atoms with Gasteiger partial charge in [-0.15, -0.1) is 0 Å². The second-order valence-electron chi connectivity index (χ2n) is 8.72. The molecule has 0 aromatic heterocycles. The molecule has 0 radical (unpaired) electrons. The molecule has 1 fully saturated rings. The van der Waals surface area contributed by atoms with Crippen LogP contribution in [0.3, 0.4) is 0 Å². The first kappa shape index (κ1) is 26.7. The van der Waals surface area contributed by atoms with Gasteiger partial charge in [0.1, 0.15) is 11.8 Å². The van der Waals surface area contributed by atoms with Crippen LogP contribution in [0.15, 0.2) is 36.4 Å². The molecule has 5 nitrogen and oxygen atoms in total. The average molecular weight is 526 g/mol. The average Bonchev–Trinajstić information content (AvgIpc) is 2.81. The second kappa shape index (κ2) is 12.7. The normalized spacial score (nSPS) is 15.0. The molecule has 3 rings (SSSR count). The lowest BCUT2D eigenvalue weighted by Gasteiger charge is -2.33. The number of carbonyl (C=O) groups excluding carboxylic acids is 2. The number of ether oxygens (including phenoxy) is 1. The van der Waals surface area contributed by atoms with Crippen LogP contribution in [0.2, 0.25) is 15.1 Å². The van der Waals surface area contributed by atoms with E-state index in [1.54, 1.807) is 41.3 Å². The van der Waals surface area contributed by atoms with E-state index in [4.69, 9.17) is 39.5 Å². The molecule has 1 aliphatic carbocycles. The number of aryl methyl sites for hydroxylation is 1. The van der Waals surface area contributed by atoms with Crippen LogP contribution in [0.1, 0.15) is 56.6 Å². The highest BCUT2D eigenvalue weighted by atomic mass is 35.5. The minimum Gasteiger partial charge on any atom is -0.484 e. The van der Waals surface area contributed by atoms with Crippen LogP contribution in [0.4, 0.5) is 0 Å². The van der Waals surface area contributed by atoms with E-state index in [9.17, 15) is 9.59 Å². The van der Waals surface area contributed by atoms with Crippen molar-refractivity contribution in [1.82, 2.24) is 10.2 Å². The van der Waals surface area contributed by atoms with Crippen LogP contribution in [0.25, 0.3) is 0 Å². The summed E-state index contributed by atoms with van der Waals surface area (Å²) in [5, 5.41) is 4.74. The molecule has 2 aromatic carbocycles. The summed E-state index contributed by atoms with van der Waals surface area (Å²) >= 11 is 18.5. The van der Waals surface area contributed by atoms with E-state index in [0.29, 0.717) is 32.8 Å². The molecule has 0 aliphatic heterocycles. The van der Waals surface area contributed by atoms with Crippen LogP contribution >= 0.6 is 34.8 Å². The lowest BCUT2D eigenvalue weighted by molar-refractivity contribution is -0.143. The Morgan fingerprint density at radius 3 is 2.44 bits per heavy atom. The van der Waals surface area contributed by atoms with Crippen LogP contribution in [0.5, 0.6) is 5.75 Å². The highest BCUT2D eigenvalue weighted by molar-refractivity contribution is 6.35. The fraction of sp³-hybridized carbons (Fsp3) is 0.462. The van der Waals surface area contributed by atoms with Crippen LogP contribution in [-0.4, -0.2) is 35.4 Å². The van der Waals surface area contributed by atoms with Crippen molar-refractivity contribution in [3.05, 3.63) is 62.6 Å². The van der Waals surface area contributed by atoms with Gasteiger partial charge in [0.2, 0.25) is 5.91 Å². The molecule has 0 bridgehead atoms. The van der Waals surface area contributed by atoms with E-state index in [1.165, 1.54) is 6.42 Å². The number of benzene rings is 2. The molecule has 2 amide bonds. The molecule has 0 spiro atoms. The maximum atomic E-state index is 13.4. The largest absolute Gasteiger partial charge is 0.484 e. The van der Waals surface area contributed by atoms with Gasteiger partial charge in [-0.25, -0.2) is 0 Å². The summed E-state index contributed by atoms with van der Waals surface area (Å²) in [5.74, 6) is 0.0962. The molecule has 0 heterocycles. The van der Waals surface area contributed by atoms with Gasteiger partial charge < -0.3 is 15.0 Å². The van der Waals surface area contributed by atoms with Gasteiger partial charge >= 0.3 is 0 Å². The predicted molar refractivity (Wildman–Crippen MR) is 138 cm³/mol. The molecular weight excluding hydrogens is 495 g/mol. The summed E-state index contributed by atoms with van der Waals surface area (Å²) < 4.78 is 5.76. The number of nitrogens with zero attached hydrogens (tertiary/aromatic N) is 1. The number of halogens is 3. The number of carbonyl (C=O) groups is 2. The molecule has 1 atom stereocenters. The molecule has 184 valence electrons. The molecule has 0 saturated heterocycles. The molecule has 1 N–H and O–H groups in total. The van der Waals surface area contributed by atoms with Crippen molar-refractivity contribution in [1.29, 1.82) is 0 Å². The van der Waals surface area contributed by atoms with Gasteiger partial charge in [0.15, 0.2) is 6.61 Å². The van der Waals surface area contributed by atoms with Crippen molar-refractivity contribution in [2.24, 2.45) is 0 Å². The summed E-state index contributed by atoms with van der Waals surface area (Å²) in [6.07, 6.45) is 5.83. The Bertz CT molecular complexity index is 1010. The predicted octanol–water partition coefficient (Wildman–Crippen LogP) is 6.59. The third kappa shape index (κ3) is 7.27. The maximum Gasteiger partial charge on any atom is 0.261 e. The summed E-state index contributed by atoms with van der Waals surface area (Å²) in [4.78, 5) is 28.2. The molecule has 8 heteroatoms. The third-order valence-corrected chi connectivity index (χ3v) is 7.20. The Labute approximate surface area is 216 Å². The SMILES string of the molecule is CCC(C(=O)NC1CCCCC1)N(Cc1ccc(Cl)cc1Cl)C(=O)COc1ccc(Cl)c(C)c1. The lowest BCUT2D eigenvalue weighted by Crippen LogP contribution is -2.52. The Hall–Kier alpha value is -1.95. The standard InChI is InChI=1S/C26H31Cl3N2O3/c1-3-24(26(33)30-20-7-5-4-6-8-20)31(15-18-9-10-19(27)14-23(18)29)25(32)16-34-21-11-12-22(28)17(2)13-21/h9-14,20,24H,3-8,15-16H2,1-2H3,(H,30,33). The number of nitrogens with one attached hydrogen (secondary N) is 1. The smallest absolute Gasteiger partial charge is 0.261 e. The minimum atomic E-state index is -0.642.